The second kappa shape index (κ2) is 8.93. The van der Waals surface area contributed by atoms with Crippen LogP contribution < -0.4 is 9.62 Å². The molecular formula is C20H16ClN3O5S. The number of hydrogen-bond donors (Lipinski definition) is 1. The lowest BCUT2D eigenvalue weighted by atomic mass is 10.3. The van der Waals surface area contributed by atoms with Crippen LogP contribution in [0.15, 0.2) is 83.8 Å². The number of carbonyl (C=O) groups is 1. The molecular weight excluding hydrogens is 430 g/mol. The Hall–Kier alpha value is -3.43. The van der Waals surface area contributed by atoms with Crippen molar-refractivity contribution in [2.24, 2.45) is 0 Å². The van der Waals surface area contributed by atoms with Crippen molar-refractivity contribution in [3.8, 4) is 0 Å². The van der Waals surface area contributed by atoms with Gasteiger partial charge < -0.3 is 5.32 Å². The van der Waals surface area contributed by atoms with Crippen LogP contribution in [0.1, 0.15) is 0 Å². The Morgan fingerprint density at radius 2 is 1.67 bits per heavy atom. The highest BCUT2D eigenvalue weighted by Gasteiger charge is 2.33. The molecule has 0 aliphatic rings. The van der Waals surface area contributed by atoms with Crippen molar-refractivity contribution in [1.82, 2.24) is 0 Å². The monoisotopic (exact) mass is 445 g/mol. The van der Waals surface area contributed by atoms with Crippen molar-refractivity contribution >= 4 is 44.6 Å². The molecule has 0 atom stereocenters. The summed E-state index contributed by atoms with van der Waals surface area (Å²) in [5.74, 6) is -0.636. The second-order valence-corrected chi connectivity index (χ2v) is 8.40. The van der Waals surface area contributed by atoms with Crippen molar-refractivity contribution in [2.75, 3.05) is 16.2 Å². The number of amides is 1. The van der Waals surface area contributed by atoms with E-state index in [4.69, 9.17) is 11.6 Å². The summed E-state index contributed by atoms with van der Waals surface area (Å²) in [6.07, 6.45) is 0. The summed E-state index contributed by atoms with van der Waals surface area (Å²) in [6.45, 7) is -0.592. The third-order valence-corrected chi connectivity index (χ3v) is 6.13. The quantitative estimate of drug-likeness (QED) is 0.435. The average molecular weight is 446 g/mol. The number of nitrogens with zero attached hydrogens (tertiary/aromatic N) is 2. The molecule has 0 saturated carbocycles. The van der Waals surface area contributed by atoms with E-state index < -0.39 is 38.0 Å². The van der Waals surface area contributed by atoms with Crippen LogP contribution in [-0.4, -0.2) is 25.8 Å². The highest BCUT2D eigenvalue weighted by molar-refractivity contribution is 7.93. The number of carbonyl (C=O) groups excluding carboxylic acids is 1. The third-order valence-electron chi connectivity index (χ3n) is 4.07. The standard InChI is InChI=1S/C20H16ClN3O5S/c21-15-7-6-8-16(13-15)22-20(25)14-23(17-9-2-1-3-10-17)30(28,29)19-12-5-4-11-18(19)24(26)27/h1-13H,14H2,(H,22,25). The maximum Gasteiger partial charge on any atom is 0.289 e. The number of nitro benzene ring substituents is 1. The lowest BCUT2D eigenvalue weighted by molar-refractivity contribution is -0.387. The predicted octanol–water partition coefficient (Wildman–Crippen LogP) is 4.08. The average Bonchev–Trinajstić information content (AvgIpc) is 2.72. The Kier molecular flexibility index (Phi) is 6.34. The zero-order valence-electron chi connectivity index (χ0n) is 15.4. The number of sulfonamides is 1. The Morgan fingerprint density at radius 3 is 2.33 bits per heavy atom. The van der Waals surface area contributed by atoms with Gasteiger partial charge in [0, 0.05) is 16.8 Å². The minimum absolute atomic E-state index is 0.192. The van der Waals surface area contributed by atoms with Crippen molar-refractivity contribution in [2.45, 2.75) is 4.90 Å². The van der Waals surface area contributed by atoms with Gasteiger partial charge in [0.1, 0.15) is 6.54 Å². The molecule has 0 bridgehead atoms. The summed E-state index contributed by atoms with van der Waals surface area (Å²) >= 11 is 5.91. The van der Waals surface area contributed by atoms with E-state index in [2.05, 4.69) is 5.32 Å². The summed E-state index contributed by atoms with van der Waals surface area (Å²) in [7, 11) is -4.42. The van der Waals surface area contributed by atoms with E-state index in [1.54, 1.807) is 36.4 Å². The number of nitrogens with one attached hydrogen (secondary N) is 1. The molecule has 8 nitrogen and oxygen atoms in total. The van der Waals surface area contributed by atoms with Crippen LogP contribution in [0.4, 0.5) is 17.1 Å². The minimum atomic E-state index is -4.42. The van der Waals surface area contributed by atoms with Crippen molar-refractivity contribution in [3.05, 3.63) is 94.0 Å². The molecule has 30 heavy (non-hydrogen) atoms. The van der Waals surface area contributed by atoms with E-state index >= 15 is 0 Å². The number of para-hydroxylation sites is 2. The molecule has 0 aromatic heterocycles. The molecule has 1 amide bonds. The molecule has 0 fully saturated rings. The van der Waals surface area contributed by atoms with Gasteiger partial charge in [-0.3, -0.25) is 19.2 Å². The van der Waals surface area contributed by atoms with Gasteiger partial charge >= 0.3 is 0 Å². The minimum Gasteiger partial charge on any atom is -0.324 e. The highest BCUT2D eigenvalue weighted by Crippen LogP contribution is 2.29. The molecule has 0 aliphatic carbocycles. The molecule has 3 rings (SSSR count). The van der Waals surface area contributed by atoms with Crippen LogP contribution in [0, 0.1) is 10.1 Å². The first-order chi connectivity index (χ1) is 14.3. The van der Waals surface area contributed by atoms with E-state index in [9.17, 15) is 23.3 Å². The normalized spacial score (nSPS) is 11.0. The van der Waals surface area contributed by atoms with Gasteiger partial charge in [0.25, 0.3) is 15.7 Å². The van der Waals surface area contributed by atoms with Crippen LogP contribution in [0.2, 0.25) is 5.02 Å². The van der Waals surface area contributed by atoms with E-state index in [-0.39, 0.29) is 5.69 Å². The summed E-state index contributed by atoms with van der Waals surface area (Å²) in [5.41, 5.74) is 0.00850. The van der Waals surface area contributed by atoms with Gasteiger partial charge in [0.05, 0.1) is 10.6 Å². The van der Waals surface area contributed by atoms with Gasteiger partial charge in [0.15, 0.2) is 4.90 Å². The molecule has 1 N–H and O–H groups in total. The predicted molar refractivity (Wildman–Crippen MR) is 114 cm³/mol. The molecule has 3 aromatic carbocycles. The maximum absolute atomic E-state index is 13.3. The zero-order chi connectivity index (χ0) is 21.7. The van der Waals surface area contributed by atoms with Crippen LogP contribution in [0.5, 0.6) is 0 Å². The fourth-order valence-electron chi connectivity index (χ4n) is 2.75. The SMILES string of the molecule is O=C(CN(c1ccccc1)S(=O)(=O)c1ccccc1[N+](=O)[O-])Nc1cccc(Cl)c1. The lowest BCUT2D eigenvalue weighted by Crippen LogP contribution is -2.38. The number of benzene rings is 3. The van der Waals surface area contributed by atoms with Gasteiger partial charge in [0.2, 0.25) is 5.91 Å². The molecule has 0 unspecified atom stereocenters. The zero-order valence-corrected chi connectivity index (χ0v) is 17.0. The summed E-state index contributed by atoms with van der Waals surface area (Å²) in [5, 5.41) is 14.3. The molecule has 0 heterocycles. The lowest BCUT2D eigenvalue weighted by Gasteiger charge is -2.24. The number of nitro groups is 1. The Labute approximate surface area is 177 Å². The Bertz CT molecular complexity index is 1190. The number of hydrogen-bond acceptors (Lipinski definition) is 5. The topological polar surface area (TPSA) is 110 Å². The first-order valence-corrected chi connectivity index (χ1v) is 10.5. The maximum atomic E-state index is 13.3. The Morgan fingerprint density at radius 1 is 1.00 bits per heavy atom. The first kappa shape index (κ1) is 21.3. The van der Waals surface area contributed by atoms with E-state index in [0.717, 1.165) is 16.4 Å². The third kappa shape index (κ3) is 4.76. The van der Waals surface area contributed by atoms with Crippen LogP contribution >= 0.6 is 11.6 Å². The van der Waals surface area contributed by atoms with Crippen LogP contribution in [-0.2, 0) is 14.8 Å². The highest BCUT2D eigenvalue weighted by atomic mass is 35.5. The number of halogens is 1. The van der Waals surface area contributed by atoms with Gasteiger partial charge in [-0.25, -0.2) is 8.42 Å². The molecule has 0 spiro atoms. The van der Waals surface area contributed by atoms with Crippen LogP contribution in [0.25, 0.3) is 0 Å². The summed E-state index contributed by atoms with van der Waals surface area (Å²) in [6, 6.07) is 19.3. The van der Waals surface area contributed by atoms with Crippen molar-refractivity contribution in [3.63, 3.8) is 0 Å². The fraction of sp³-hybridized carbons (Fsp3) is 0.0500. The van der Waals surface area contributed by atoms with Gasteiger partial charge in [-0.15, -0.1) is 0 Å². The largest absolute Gasteiger partial charge is 0.324 e. The molecule has 3 aromatic rings. The van der Waals surface area contributed by atoms with E-state index in [0.29, 0.717) is 10.7 Å². The molecule has 0 saturated heterocycles. The molecule has 0 radical (unpaired) electrons. The number of anilines is 2. The van der Waals surface area contributed by atoms with Gasteiger partial charge in [-0.1, -0.05) is 48.0 Å². The summed E-state index contributed by atoms with van der Waals surface area (Å²) < 4.78 is 27.5. The molecule has 10 heteroatoms. The van der Waals surface area contributed by atoms with Crippen molar-refractivity contribution in [1.29, 1.82) is 0 Å². The van der Waals surface area contributed by atoms with Crippen LogP contribution in [0.3, 0.4) is 0 Å². The molecule has 0 aliphatic heterocycles. The van der Waals surface area contributed by atoms with Gasteiger partial charge in [-0.05, 0) is 36.4 Å². The smallest absolute Gasteiger partial charge is 0.289 e. The number of rotatable bonds is 7. The first-order valence-electron chi connectivity index (χ1n) is 8.65. The van der Waals surface area contributed by atoms with E-state index in [1.165, 1.54) is 30.3 Å². The fourth-order valence-corrected chi connectivity index (χ4v) is 4.52. The van der Waals surface area contributed by atoms with E-state index in [1.807, 2.05) is 0 Å². The molecule has 154 valence electrons. The van der Waals surface area contributed by atoms with Gasteiger partial charge in [-0.2, -0.15) is 0 Å². The second-order valence-electron chi connectivity index (χ2n) is 6.13. The van der Waals surface area contributed by atoms with Crippen molar-refractivity contribution < 1.29 is 18.1 Å². The summed E-state index contributed by atoms with van der Waals surface area (Å²) in [4.78, 5) is 22.7. The Balaban J connectivity index is 1.99.